The van der Waals surface area contributed by atoms with Gasteiger partial charge in [0.05, 0.1) is 0 Å². The molecule has 23 heteroatoms. The first-order chi connectivity index (χ1) is 8.00. The van der Waals surface area contributed by atoms with E-state index in [0.29, 0.717) is 0 Å². The quantitative estimate of drug-likeness (QED) is 0.149. The summed E-state index contributed by atoms with van der Waals surface area (Å²) in [4.78, 5) is 94.4. The van der Waals surface area contributed by atoms with Crippen molar-refractivity contribution in [2.45, 2.75) is 0 Å². The van der Waals surface area contributed by atoms with E-state index in [9.17, 15) is 0 Å². The molecule has 0 bridgehead atoms. The van der Waals surface area contributed by atoms with Gasteiger partial charge in [0.2, 0.25) is 0 Å². The first-order valence-electron chi connectivity index (χ1n) is 3.03. The molecule has 0 aliphatic heterocycles. The van der Waals surface area contributed by atoms with Crippen LogP contribution >= 0.6 is 31.3 Å². The molecule has 149 valence electrons. The zero-order valence-electron chi connectivity index (χ0n) is 9.55. The maximum absolute atomic E-state index is 8.88. The Morgan fingerprint density at radius 1 is 0.435 bits per heavy atom. The zero-order chi connectivity index (χ0) is 18.0. The summed E-state index contributed by atoms with van der Waals surface area (Å²) >= 11 is 0. The van der Waals surface area contributed by atoms with Crippen LogP contribution < -0.4 is 29.4 Å². The molecule has 0 aromatic rings. The van der Waals surface area contributed by atoms with Gasteiger partial charge in [0.1, 0.15) is 0 Å². The van der Waals surface area contributed by atoms with E-state index in [1.807, 2.05) is 0 Å². The summed E-state index contributed by atoms with van der Waals surface area (Å²) < 4.78 is 34.9. The minimum absolute atomic E-state index is 0. The van der Waals surface area contributed by atoms with Gasteiger partial charge in [-0.15, -0.1) is 0 Å². The summed E-state index contributed by atoms with van der Waals surface area (Å²) in [6.07, 6.45) is 0. The molecule has 0 fully saturated rings. The van der Waals surface area contributed by atoms with E-state index in [2.05, 4.69) is 0 Å². The van der Waals surface area contributed by atoms with E-state index < -0.39 is 31.3 Å². The van der Waals surface area contributed by atoms with Crippen LogP contribution in [-0.2, 0) is 68.6 Å². The second-order valence-electron chi connectivity index (χ2n) is 1.92. The molecule has 23 heavy (non-hydrogen) atoms. The number of hydrogen-bond acceptors (Lipinski definition) is 10. The zero-order valence-corrected chi connectivity index (χ0v) is 16.3. The first kappa shape index (κ1) is 44.4. The molecule has 0 saturated carbocycles. The second-order valence-corrected chi connectivity index (χ2v) is 5.76. The third-order valence-corrected chi connectivity index (χ3v) is 0. The van der Waals surface area contributed by atoms with Gasteiger partial charge < -0.3 is 67.9 Å². The van der Waals surface area contributed by atoms with Gasteiger partial charge in [-0.2, -0.15) is 15.6 Å². The van der Waals surface area contributed by atoms with Gasteiger partial charge in [-0.25, -0.2) is 9.13 Å². The Morgan fingerprint density at radius 2 is 0.435 bits per heavy atom. The van der Waals surface area contributed by atoms with Gasteiger partial charge in [-0.3, -0.25) is 0 Å². The van der Waals surface area contributed by atoms with Crippen LogP contribution in [0.1, 0.15) is 0 Å². The van der Waals surface area contributed by atoms with Gasteiger partial charge in [-0.1, -0.05) is 0 Å². The van der Waals surface area contributed by atoms with Crippen molar-refractivity contribution in [3.63, 3.8) is 0 Å². The minimum Gasteiger partial charge on any atom is -0.822 e. The van der Waals surface area contributed by atoms with Crippen LogP contribution in [0.25, 0.3) is 0 Å². The SMILES string of the molecule is O=P(O)(O)O.O=P(O)(O)O.O=P([O-])([O-])[O-].O=P([O-])([O-])[O-].[Co+2].[Co+2].[Co+2]. The molecule has 0 aromatic heterocycles. The molecular formula is H6Co3O16P4. The summed E-state index contributed by atoms with van der Waals surface area (Å²) in [7, 11) is -20.1. The summed E-state index contributed by atoms with van der Waals surface area (Å²) in [5.74, 6) is 0. The standard InChI is InChI=1S/3Co.4H3O4P/c;;;4*1-5(2,3)4/h;;;4*(H3,1,2,3,4)/q3*+2;;;;/p-6. The summed E-state index contributed by atoms with van der Waals surface area (Å²) in [5.41, 5.74) is 0. The van der Waals surface area contributed by atoms with Gasteiger partial charge in [-0.05, 0) is 0 Å². The minimum atomic E-state index is -5.39. The molecule has 6 N–H and O–H groups in total. The summed E-state index contributed by atoms with van der Waals surface area (Å²) in [5, 5.41) is 0. The number of rotatable bonds is 0. The maximum Gasteiger partial charge on any atom is 2.00 e. The fraction of sp³-hybridized carbons (Fsp3) is 0. The largest absolute Gasteiger partial charge is 2.00 e. The van der Waals surface area contributed by atoms with Gasteiger partial charge in [0, 0.05) is 0 Å². The molecule has 0 spiro atoms. The van der Waals surface area contributed by atoms with Crippen molar-refractivity contribution >= 4 is 31.3 Å². The summed E-state index contributed by atoms with van der Waals surface area (Å²) in [6.45, 7) is 0. The molecule has 0 aromatic carbocycles. The predicted molar refractivity (Wildman–Crippen MR) is 43.7 cm³/mol. The summed E-state index contributed by atoms with van der Waals surface area (Å²) in [6, 6.07) is 0. The molecule has 3 radical (unpaired) electrons. The third kappa shape index (κ3) is 3010. The van der Waals surface area contributed by atoms with E-state index in [-0.39, 0.29) is 50.3 Å². The molecule has 0 atom stereocenters. The molecule has 0 aliphatic rings. The monoisotopic (exact) mass is 563 g/mol. The van der Waals surface area contributed by atoms with E-state index in [1.54, 1.807) is 0 Å². The van der Waals surface area contributed by atoms with Gasteiger partial charge in [0.15, 0.2) is 0 Å². The Bertz CT molecular complexity index is 292. The van der Waals surface area contributed by atoms with Crippen LogP contribution in [0.3, 0.4) is 0 Å². The van der Waals surface area contributed by atoms with Crippen LogP contribution in [0.2, 0.25) is 0 Å². The fourth-order valence-electron chi connectivity index (χ4n) is 0. The normalized spacial score (nSPS) is 10.3. The van der Waals surface area contributed by atoms with E-state index in [1.165, 1.54) is 0 Å². The number of hydrogen-bond donors (Lipinski definition) is 6. The van der Waals surface area contributed by atoms with Crippen molar-refractivity contribution in [1.29, 1.82) is 0 Å². The van der Waals surface area contributed by atoms with Crippen LogP contribution in [0.4, 0.5) is 0 Å². The molecule has 0 aliphatic carbocycles. The van der Waals surface area contributed by atoms with Crippen molar-refractivity contribution in [3.8, 4) is 0 Å². The van der Waals surface area contributed by atoms with Crippen LogP contribution in [0.5, 0.6) is 0 Å². The fourth-order valence-corrected chi connectivity index (χ4v) is 0. The Kier molecular flexibility index (Phi) is 36.2. The topological polar surface area (TPSA) is 328 Å². The average molecular weight is 563 g/mol. The van der Waals surface area contributed by atoms with Gasteiger partial charge in [0.25, 0.3) is 0 Å². The Morgan fingerprint density at radius 3 is 0.435 bits per heavy atom. The third-order valence-electron chi connectivity index (χ3n) is 0. The number of phosphoric acid groups is 4. The predicted octanol–water partition coefficient (Wildman–Crippen LogP) is -7.51. The second kappa shape index (κ2) is 18.7. The maximum atomic E-state index is 8.88. The van der Waals surface area contributed by atoms with Crippen molar-refractivity contribution in [2.24, 2.45) is 0 Å². The van der Waals surface area contributed by atoms with Crippen molar-refractivity contribution in [2.75, 3.05) is 0 Å². The first-order valence-corrected chi connectivity index (χ1v) is 9.08. The van der Waals surface area contributed by atoms with Gasteiger partial charge >= 0.3 is 66.0 Å². The molecule has 0 rings (SSSR count). The molecule has 0 amide bonds. The van der Waals surface area contributed by atoms with E-state index in [0.717, 1.165) is 0 Å². The Balaban J connectivity index is -0.0000000284. The molecule has 0 unspecified atom stereocenters. The Labute approximate surface area is 158 Å². The smallest absolute Gasteiger partial charge is 0.822 e. The van der Waals surface area contributed by atoms with Crippen LogP contribution in [0.15, 0.2) is 0 Å². The van der Waals surface area contributed by atoms with E-state index in [4.69, 9.17) is 77.0 Å². The average Bonchev–Trinajstić information content (AvgIpc) is 1.62. The van der Waals surface area contributed by atoms with Crippen LogP contribution in [0, 0.1) is 0 Å². The molecular weight excluding hydrogens is 557 g/mol. The van der Waals surface area contributed by atoms with Crippen molar-refractivity contribution < 1.29 is 127 Å². The molecule has 16 nitrogen and oxygen atoms in total. The van der Waals surface area contributed by atoms with Crippen molar-refractivity contribution in [3.05, 3.63) is 0 Å². The Hall–Kier alpha value is 1.96. The molecule has 0 saturated heterocycles. The van der Waals surface area contributed by atoms with Crippen molar-refractivity contribution in [1.82, 2.24) is 0 Å². The molecule has 0 heterocycles. The van der Waals surface area contributed by atoms with E-state index >= 15 is 0 Å². The van der Waals surface area contributed by atoms with Crippen LogP contribution in [-0.4, -0.2) is 29.4 Å².